The first-order valence-corrected chi connectivity index (χ1v) is 13.0. The number of hydrogen-bond acceptors (Lipinski definition) is 2. The normalized spacial score (nSPS) is 16.5. The molecule has 1 aliphatic rings. The molecule has 0 amide bonds. The molecule has 0 aliphatic carbocycles. The maximum atomic E-state index is 12.6. The number of halogens is 7. The molecule has 2 aromatic rings. The minimum absolute atomic E-state index is 0.471. The van der Waals surface area contributed by atoms with Crippen LogP contribution < -0.4 is 26.5 Å². The molecule has 9 heteroatoms. The number of nitrogens with zero attached hydrogens (tertiary/aromatic N) is 1. The summed E-state index contributed by atoms with van der Waals surface area (Å²) in [4.78, 5) is 4.62. The van der Waals surface area contributed by atoms with E-state index in [-0.39, 0.29) is 0 Å². The van der Waals surface area contributed by atoms with Gasteiger partial charge in [-0.3, -0.25) is 0 Å². The van der Waals surface area contributed by atoms with Gasteiger partial charge in [0.15, 0.2) is 0 Å². The summed E-state index contributed by atoms with van der Waals surface area (Å²) in [5.74, 6) is 0. The van der Waals surface area contributed by atoms with E-state index in [1.807, 2.05) is 28.4 Å². The van der Waals surface area contributed by atoms with Crippen LogP contribution in [0.4, 0.5) is 18.9 Å². The van der Waals surface area contributed by atoms with E-state index < -0.39 is 53.7 Å². The molecule has 1 aliphatic heterocycles. The Morgan fingerprint density at radius 3 is 2.50 bits per heavy atom. The molecule has 0 saturated carbocycles. The Balaban J connectivity index is 1.69. The first-order valence-electron chi connectivity index (χ1n) is 7.77. The summed E-state index contributed by atoms with van der Waals surface area (Å²) in [6.45, 7) is 0. The fraction of sp³-hybridized carbons (Fsp3) is 0.0526. The summed E-state index contributed by atoms with van der Waals surface area (Å²) in [5, 5.41) is 4.34. The monoisotopic (exact) mass is 649 g/mol. The summed E-state index contributed by atoms with van der Waals surface area (Å²) in [7, 11) is 0. The standard InChI is InChI=1S/C19H12Cl2F3I2N2/c20-14-2-1-3-15(10-14)27-17-11-16(21)28-18(26-17)25-9-8-12-4-6-13(7-5-12)19(22,23)24/h1-11,28H/q-1/b9-8+,27-17?. The predicted molar refractivity (Wildman–Crippen MR) is 115 cm³/mol. The van der Waals surface area contributed by atoms with Crippen LogP contribution >= 0.6 is 43.9 Å². The van der Waals surface area contributed by atoms with Gasteiger partial charge in [-0.2, -0.15) is 0 Å². The molecule has 3 rings (SSSR count). The van der Waals surface area contributed by atoms with E-state index >= 15 is 0 Å². The minimum atomic E-state index is -4.32. The molecule has 148 valence electrons. The van der Waals surface area contributed by atoms with Crippen molar-refractivity contribution in [3.63, 3.8) is 0 Å². The van der Waals surface area contributed by atoms with Crippen LogP contribution in [0.1, 0.15) is 11.1 Å². The number of allylic oxidation sites excluding steroid dienone is 1. The van der Waals surface area contributed by atoms with Gasteiger partial charge in [-0.15, -0.1) is 0 Å². The molecule has 0 bridgehead atoms. The van der Waals surface area contributed by atoms with Crippen LogP contribution in [0.25, 0.3) is 6.08 Å². The van der Waals surface area contributed by atoms with E-state index in [1.54, 1.807) is 12.1 Å². The Hall–Kier alpha value is -0.910. The Labute approximate surface area is 190 Å². The van der Waals surface area contributed by atoms with Gasteiger partial charge in [0.05, 0.1) is 0 Å². The third kappa shape index (κ3) is 6.57. The second kappa shape index (κ2) is 9.73. The van der Waals surface area contributed by atoms with Crippen LogP contribution in [-0.4, -0.2) is 5.36 Å². The van der Waals surface area contributed by atoms with Crippen molar-refractivity contribution < 1.29 is 34.4 Å². The van der Waals surface area contributed by atoms with Gasteiger partial charge in [-0.1, -0.05) is 0 Å². The molecule has 28 heavy (non-hydrogen) atoms. The topological polar surface area (TPSA) is 24.4 Å². The molecular weight excluding hydrogens is 638 g/mol. The molecule has 0 saturated heterocycles. The summed E-state index contributed by atoms with van der Waals surface area (Å²) >= 11 is 11.2. The van der Waals surface area contributed by atoms with Crippen molar-refractivity contribution in [2.75, 3.05) is 0 Å². The number of rotatable bonds is 4. The van der Waals surface area contributed by atoms with E-state index in [4.69, 9.17) is 23.2 Å². The Bertz CT molecular complexity index is 981. The molecule has 0 fully saturated rings. The molecule has 0 unspecified atom stereocenters. The third-order valence-electron chi connectivity index (χ3n) is 3.34. The quantitative estimate of drug-likeness (QED) is 0.395. The van der Waals surface area contributed by atoms with E-state index in [0.717, 1.165) is 28.7 Å². The number of nitrogens with one attached hydrogen (secondary N) is 1. The zero-order valence-electron chi connectivity index (χ0n) is 13.9. The van der Waals surface area contributed by atoms with Crippen LogP contribution in [0.5, 0.6) is 0 Å². The molecule has 2 aromatic carbocycles. The van der Waals surface area contributed by atoms with Crippen LogP contribution in [0, 0.1) is 0 Å². The first kappa shape index (κ1) is 21.8. The Kier molecular flexibility index (Phi) is 7.57. The van der Waals surface area contributed by atoms with Gasteiger partial charge in [-0.05, 0) is 0 Å². The van der Waals surface area contributed by atoms with Gasteiger partial charge < -0.3 is 0 Å². The van der Waals surface area contributed by atoms with Crippen molar-refractivity contribution in [3.8, 4) is 0 Å². The molecule has 0 aromatic heterocycles. The zero-order chi connectivity index (χ0) is 20.1. The average molecular weight is 650 g/mol. The van der Waals surface area contributed by atoms with E-state index in [9.17, 15) is 13.2 Å². The molecular formula is C19H12Cl2F3I2N2-. The van der Waals surface area contributed by atoms with Crippen molar-refractivity contribution in [2.24, 2.45) is 4.99 Å². The molecule has 0 atom stereocenters. The predicted octanol–water partition coefficient (Wildman–Crippen LogP) is 3.89. The van der Waals surface area contributed by atoms with Gasteiger partial charge in [0.25, 0.3) is 0 Å². The van der Waals surface area contributed by atoms with Crippen LogP contribution in [0.2, 0.25) is 5.02 Å². The fourth-order valence-corrected chi connectivity index (χ4v) is 9.32. The summed E-state index contributed by atoms with van der Waals surface area (Å²) < 4.78 is 41.9. The van der Waals surface area contributed by atoms with Gasteiger partial charge in [-0.25, -0.2) is 0 Å². The number of hydrogen-bond donors (Lipinski definition) is 1. The summed E-state index contributed by atoms with van der Waals surface area (Å²) in [6.07, 6.45) is -0.655. The van der Waals surface area contributed by atoms with Crippen molar-refractivity contribution in [2.45, 2.75) is 6.18 Å². The van der Waals surface area contributed by atoms with Crippen LogP contribution in [-0.2, 0) is 6.18 Å². The number of benzene rings is 2. The molecule has 2 nitrogen and oxygen atoms in total. The van der Waals surface area contributed by atoms with Gasteiger partial charge >= 0.3 is 192 Å². The number of alkyl halides is 3. The maximum absolute atomic E-state index is 12.6. The van der Waals surface area contributed by atoms with Crippen molar-refractivity contribution >= 4 is 61.1 Å². The summed E-state index contributed by atoms with van der Waals surface area (Å²) in [6, 6.07) is 12.4. The second-order valence-electron chi connectivity index (χ2n) is 5.41. The van der Waals surface area contributed by atoms with Crippen molar-refractivity contribution in [3.05, 3.63) is 80.0 Å². The van der Waals surface area contributed by atoms with Crippen LogP contribution in [0.15, 0.2) is 68.8 Å². The Morgan fingerprint density at radius 1 is 1.07 bits per heavy atom. The van der Waals surface area contributed by atoms with Gasteiger partial charge in [0.2, 0.25) is 0 Å². The molecule has 1 heterocycles. The SMILES string of the molecule is FC(F)(F)c1ccc(/C=C/[I-]C2=IC(=Nc3cccc(Cl)c3)C=C(Cl)N2)cc1. The van der Waals surface area contributed by atoms with Gasteiger partial charge in [0, 0.05) is 0 Å². The number of aliphatic imine (C=N–C) groups is 1. The first-order chi connectivity index (χ1) is 13.3. The second-order valence-corrected chi connectivity index (χ2v) is 13.5. The summed E-state index contributed by atoms with van der Waals surface area (Å²) in [5.41, 5.74) is 0.867. The van der Waals surface area contributed by atoms with Crippen molar-refractivity contribution in [1.29, 1.82) is 0 Å². The fourth-order valence-electron chi connectivity index (χ4n) is 2.08. The van der Waals surface area contributed by atoms with E-state index in [1.165, 1.54) is 12.1 Å². The molecule has 0 spiro atoms. The van der Waals surface area contributed by atoms with E-state index in [0.29, 0.717) is 10.2 Å². The van der Waals surface area contributed by atoms with Crippen LogP contribution in [0.3, 0.4) is 0 Å². The van der Waals surface area contributed by atoms with E-state index in [2.05, 4.69) is 10.3 Å². The van der Waals surface area contributed by atoms with Crippen molar-refractivity contribution in [1.82, 2.24) is 5.32 Å². The van der Waals surface area contributed by atoms with Gasteiger partial charge in [0.1, 0.15) is 0 Å². The third-order valence-corrected chi connectivity index (χ3v) is 10.1. The molecule has 0 radical (unpaired) electrons. The zero-order valence-corrected chi connectivity index (χ0v) is 19.8. The molecule has 1 N–H and O–H groups in total. The Morgan fingerprint density at radius 2 is 1.82 bits per heavy atom. The average Bonchev–Trinajstić information content (AvgIpc) is 2.61.